The highest BCUT2D eigenvalue weighted by Gasteiger charge is 2.19. The predicted molar refractivity (Wildman–Crippen MR) is 55.9 cm³/mol. The molecule has 1 unspecified atom stereocenters. The van der Waals surface area contributed by atoms with Crippen molar-refractivity contribution in [3.63, 3.8) is 0 Å². The lowest BCUT2D eigenvalue weighted by Crippen LogP contribution is -2.11. The first-order valence-electron chi connectivity index (χ1n) is 4.89. The van der Waals surface area contributed by atoms with Gasteiger partial charge in [-0.05, 0) is 19.0 Å². The molecule has 0 aliphatic carbocycles. The van der Waals surface area contributed by atoms with E-state index in [0.717, 1.165) is 11.4 Å². The third-order valence-corrected chi connectivity index (χ3v) is 2.17. The lowest BCUT2D eigenvalue weighted by atomic mass is 9.92. The molecule has 0 saturated heterocycles. The van der Waals surface area contributed by atoms with Gasteiger partial charge in [0, 0.05) is 5.41 Å². The maximum absolute atomic E-state index is 9.65. The summed E-state index contributed by atoms with van der Waals surface area (Å²) in [5.41, 5.74) is 7.09. The maximum atomic E-state index is 9.65. The first-order valence-corrected chi connectivity index (χ1v) is 4.89. The van der Waals surface area contributed by atoms with Gasteiger partial charge in [0.1, 0.15) is 0 Å². The van der Waals surface area contributed by atoms with E-state index in [9.17, 15) is 5.11 Å². The summed E-state index contributed by atoms with van der Waals surface area (Å²) in [5.74, 6) is 0. The molecule has 0 radical (unpaired) electrons. The van der Waals surface area contributed by atoms with Gasteiger partial charge in [0.15, 0.2) is 0 Å². The number of nitrogens with zero attached hydrogens (tertiary/aromatic N) is 1. The van der Waals surface area contributed by atoms with Crippen LogP contribution in [0.1, 0.15) is 44.7 Å². The van der Waals surface area contributed by atoms with Gasteiger partial charge in [-0.15, -0.1) is 0 Å². The minimum atomic E-state index is -0.524. The zero-order valence-corrected chi connectivity index (χ0v) is 9.04. The van der Waals surface area contributed by atoms with Gasteiger partial charge in [0.05, 0.1) is 17.5 Å². The quantitative estimate of drug-likeness (QED) is 0.679. The van der Waals surface area contributed by atoms with Crippen LogP contribution in [0.15, 0.2) is 6.07 Å². The van der Waals surface area contributed by atoms with Crippen LogP contribution in [0.25, 0.3) is 0 Å². The van der Waals surface area contributed by atoms with Crippen molar-refractivity contribution < 1.29 is 5.11 Å². The lowest BCUT2D eigenvalue weighted by Gasteiger charge is -2.13. The second-order valence-electron chi connectivity index (χ2n) is 4.55. The van der Waals surface area contributed by atoms with E-state index in [1.165, 1.54) is 0 Å². The first kappa shape index (κ1) is 11.2. The smallest absolute Gasteiger partial charge is 0.0966 e. The molecule has 0 aliphatic rings. The Balaban J connectivity index is 2.78. The molecule has 0 bridgehead atoms. The van der Waals surface area contributed by atoms with Crippen molar-refractivity contribution in [2.45, 2.75) is 38.7 Å². The minimum absolute atomic E-state index is 0.0111. The van der Waals surface area contributed by atoms with Gasteiger partial charge in [-0.2, -0.15) is 5.10 Å². The Morgan fingerprint density at radius 1 is 1.57 bits per heavy atom. The van der Waals surface area contributed by atoms with E-state index in [1.54, 1.807) is 0 Å². The highest BCUT2D eigenvalue weighted by atomic mass is 16.3. The van der Waals surface area contributed by atoms with E-state index in [2.05, 4.69) is 31.0 Å². The summed E-state index contributed by atoms with van der Waals surface area (Å²) in [7, 11) is 0. The molecule has 14 heavy (non-hydrogen) atoms. The normalized spacial score (nSPS) is 14.4. The van der Waals surface area contributed by atoms with E-state index < -0.39 is 6.10 Å². The second kappa shape index (κ2) is 4.11. The van der Waals surface area contributed by atoms with Crippen LogP contribution in [0.4, 0.5) is 0 Å². The van der Waals surface area contributed by atoms with Crippen molar-refractivity contribution in [1.29, 1.82) is 0 Å². The number of aromatic nitrogens is 2. The molecule has 1 atom stereocenters. The van der Waals surface area contributed by atoms with E-state index in [-0.39, 0.29) is 5.41 Å². The van der Waals surface area contributed by atoms with Gasteiger partial charge in [0.2, 0.25) is 0 Å². The van der Waals surface area contributed by atoms with E-state index >= 15 is 0 Å². The summed E-state index contributed by atoms with van der Waals surface area (Å²) < 4.78 is 0. The molecule has 4 N–H and O–H groups in total. The SMILES string of the molecule is CC(C)(C)c1cc(C(O)CCN)[nH]n1. The Morgan fingerprint density at radius 3 is 2.64 bits per heavy atom. The molecular formula is C10H19N3O. The first-order chi connectivity index (χ1) is 6.45. The van der Waals surface area contributed by atoms with Crippen LogP contribution in [-0.4, -0.2) is 21.8 Å². The van der Waals surface area contributed by atoms with Crippen LogP contribution >= 0.6 is 0 Å². The zero-order valence-electron chi connectivity index (χ0n) is 9.04. The molecule has 1 aromatic heterocycles. The third-order valence-electron chi connectivity index (χ3n) is 2.17. The summed E-state index contributed by atoms with van der Waals surface area (Å²) in [6.45, 7) is 6.73. The number of H-pyrrole nitrogens is 1. The van der Waals surface area contributed by atoms with Crippen molar-refractivity contribution in [2.75, 3.05) is 6.54 Å². The van der Waals surface area contributed by atoms with Crippen LogP contribution in [0.5, 0.6) is 0 Å². The molecule has 1 heterocycles. The molecule has 1 aromatic rings. The van der Waals surface area contributed by atoms with Gasteiger partial charge in [-0.1, -0.05) is 20.8 Å². The van der Waals surface area contributed by atoms with Gasteiger partial charge in [-0.25, -0.2) is 0 Å². The van der Waals surface area contributed by atoms with E-state index in [4.69, 9.17) is 5.73 Å². The van der Waals surface area contributed by atoms with Crippen molar-refractivity contribution in [3.05, 3.63) is 17.5 Å². The standard InChI is InChI=1S/C10H19N3O/c1-10(2,3)9-6-7(12-13-9)8(14)4-5-11/h6,8,14H,4-5,11H2,1-3H3,(H,12,13). The van der Waals surface area contributed by atoms with E-state index in [1.807, 2.05) is 6.07 Å². The monoisotopic (exact) mass is 197 g/mol. The average molecular weight is 197 g/mol. The lowest BCUT2D eigenvalue weighted by molar-refractivity contribution is 0.165. The molecule has 4 nitrogen and oxygen atoms in total. The fourth-order valence-electron chi connectivity index (χ4n) is 1.20. The zero-order chi connectivity index (χ0) is 10.8. The van der Waals surface area contributed by atoms with Gasteiger partial charge < -0.3 is 10.8 Å². The Labute approximate surface area is 84.5 Å². The van der Waals surface area contributed by atoms with Crippen molar-refractivity contribution in [3.8, 4) is 0 Å². The summed E-state index contributed by atoms with van der Waals surface area (Å²) in [6, 6.07) is 1.90. The van der Waals surface area contributed by atoms with Crippen LogP contribution in [-0.2, 0) is 5.41 Å². The molecule has 4 heteroatoms. The number of aliphatic hydroxyl groups is 1. The van der Waals surface area contributed by atoms with Crippen LogP contribution in [0, 0.1) is 0 Å². The summed E-state index contributed by atoms with van der Waals surface area (Å²) in [6.07, 6.45) is 0.0368. The highest BCUT2D eigenvalue weighted by molar-refractivity contribution is 5.17. The Hall–Kier alpha value is -0.870. The van der Waals surface area contributed by atoms with Crippen molar-refractivity contribution in [2.24, 2.45) is 5.73 Å². The summed E-state index contributed by atoms with van der Waals surface area (Å²) in [5, 5.41) is 16.7. The number of aliphatic hydroxyl groups excluding tert-OH is 1. The molecule has 80 valence electrons. The number of hydrogen-bond acceptors (Lipinski definition) is 3. The largest absolute Gasteiger partial charge is 0.387 e. The third kappa shape index (κ3) is 2.56. The molecule has 1 rings (SSSR count). The van der Waals surface area contributed by atoms with Crippen LogP contribution in [0.2, 0.25) is 0 Å². The van der Waals surface area contributed by atoms with Gasteiger partial charge in [-0.3, -0.25) is 5.10 Å². The predicted octanol–water partition coefficient (Wildman–Crippen LogP) is 1.09. The molecule has 0 aliphatic heterocycles. The van der Waals surface area contributed by atoms with Crippen molar-refractivity contribution >= 4 is 0 Å². The minimum Gasteiger partial charge on any atom is -0.387 e. The van der Waals surface area contributed by atoms with Crippen LogP contribution in [0.3, 0.4) is 0 Å². The number of hydrogen-bond donors (Lipinski definition) is 3. The topological polar surface area (TPSA) is 74.9 Å². The molecule has 0 saturated carbocycles. The van der Waals surface area contributed by atoms with Crippen LogP contribution < -0.4 is 5.73 Å². The Kier molecular flexibility index (Phi) is 3.29. The summed E-state index contributed by atoms with van der Waals surface area (Å²) >= 11 is 0. The fourth-order valence-corrected chi connectivity index (χ4v) is 1.20. The number of nitrogens with one attached hydrogen (secondary N) is 1. The van der Waals surface area contributed by atoms with Crippen molar-refractivity contribution in [1.82, 2.24) is 10.2 Å². The number of aromatic amines is 1. The molecule has 0 spiro atoms. The summed E-state index contributed by atoms with van der Waals surface area (Å²) in [4.78, 5) is 0. The second-order valence-corrected chi connectivity index (χ2v) is 4.55. The number of rotatable bonds is 3. The van der Waals surface area contributed by atoms with Gasteiger partial charge >= 0.3 is 0 Å². The maximum Gasteiger partial charge on any atom is 0.0966 e. The highest BCUT2D eigenvalue weighted by Crippen LogP contribution is 2.23. The fraction of sp³-hybridized carbons (Fsp3) is 0.700. The average Bonchev–Trinajstić information content (AvgIpc) is 2.51. The molecule has 0 fully saturated rings. The molecule has 0 amide bonds. The van der Waals surface area contributed by atoms with Gasteiger partial charge in [0.25, 0.3) is 0 Å². The Morgan fingerprint density at radius 2 is 2.21 bits per heavy atom. The number of nitrogens with two attached hydrogens (primary N) is 1. The molecular weight excluding hydrogens is 178 g/mol. The van der Waals surface area contributed by atoms with E-state index in [0.29, 0.717) is 13.0 Å². The Bertz CT molecular complexity index is 288. The molecule has 0 aromatic carbocycles.